The standard InChI is InChI=1S/C41H57N7O9/c1-22(2)17-27-19-32(50)26-10-11-29(25-12-14-42-15-13-25)28(18-26)21-43-38(55)31-9-8-16-48(31)35(40(57)47-41(5,6)7)23(3)44-39(56)34(24(4)49)46-37(54)30(20-33(51)52)45-36(27)53/h10-15,18,22-24,27,30-31,34-35,49H,8-9,16-17,19-21H2,1-7H3,(H,43,55)(H,44,56)(H,45,53)(H,46,54)(H,47,57)(H,51,52)/t23-,24+,27+,30-,31-,34-,35-/m0/s1. The van der Waals surface area contributed by atoms with Gasteiger partial charge in [-0.1, -0.05) is 26.0 Å². The molecule has 0 spiro atoms. The number of nitrogens with zero attached hydrogens (tertiary/aromatic N) is 2. The van der Waals surface area contributed by atoms with E-state index in [1.54, 1.807) is 75.3 Å². The lowest BCUT2D eigenvalue weighted by Gasteiger charge is -2.37. The number of carbonyl (C=O) groups excluding carboxylic acids is 6. The van der Waals surface area contributed by atoms with Gasteiger partial charge in [0, 0.05) is 42.4 Å². The van der Waals surface area contributed by atoms with Crippen LogP contribution in [-0.4, -0.2) is 110 Å². The third kappa shape index (κ3) is 12.1. The highest BCUT2D eigenvalue weighted by Gasteiger charge is 2.43. The van der Waals surface area contributed by atoms with Crippen LogP contribution in [0.1, 0.15) is 96.5 Å². The molecule has 1 saturated heterocycles. The van der Waals surface area contributed by atoms with Gasteiger partial charge in [0.05, 0.1) is 24.6 Å². The van der Waals surface area contributed by atoms with Crippen molar-refractivity contribution >= 4 is 41.3 Å². The molecule has 7 atom stereocenters. The van der Waals surface area contributed by atoms with Gasteiger partial charge in [-0.3, -0.25) is 43.4 Å². The molecular formula is C41H57N7O9. The van der Waals surface area contributed by atoms with Crippen LogP contribution >= 0.6 is 0 Å². The highest BCUT2D eigenvalue weighted by atomic mass is 16.4. The summed E-state index contributed by atoms with van der Waals surface area (Å²) in [5.41, 5.74) is 1.75. The van der Waals surface area contributed by atoms with Crippen LogP contribution in [0.3, 0.4) is 0 Å². The zero-order chi connectivity index (χ0) is 42.2. The van der Waals surface area contributed by atoms with Gasteiger partial charge in [-0.2, -0.15) is 0 Å². The Morgan fingerprint density at radius 1 is 0.930 bits per heavy atom. The van der Waals surface area contributed by atoms with Gasteiger partial charge in [0.2, 0.25) is 29.5 Å². The van der Waals surface area contributed by atoms with Crippen molar-refractivity contribution in [2.45, 2.75) is 129 Å². The van der Waals surface area contributed by atoms with Crippen molar-refractivity contribution in [2.24, 2.45) is 11.8 Å². The van der Waals surface area contributed by atoms with Crippen molar-refractivity contribution in [2.75, 3.05) is 6.54 Å². The molecule has 0 radical (unpaired) electrons. The van der Waals surface area contributed by atoms with Crippen molar-refractivity contribution < 1.29 is 43.8 Å². The molecule has 310 valence electrons. The van der Waals surface area contributed by atoms with Crippen molar-refractivity contribution in [3.63, 3.8) is 0 Å². The van der Waals surface area contributed by atoms with Crippen LogP contribution in [0.2, 0.25) is 0 Å². The molecule has 4 rings (SSSR count). The van der Waals surface area contributed by atoms with Crippen molar-refractivity contribution in [3.8, 4) is 11.1 Å². The number of pyridine rings is 1. The molecule has 2 aliphatic heterocycles. The van der Waals surface area contributed by atoms with Gasteiger partial charge in [0.15, 0.2) is 5.78 Å². The molecule has 2 bridgehead atoms. The number of carboxylic acid groups (broad SMARTS) is 1. The minimum atomic E-state index is -1.67. The first-order valence-electron chi connectivity index (χ1n) is 19.5. The van der Waals surface area contributed by atoms with E-state index in [2.05, 4.69) is 31.6 Å². The summed E-state index contributed by atoms with van der Waals surface area (Å²) in [7, 11) is 0. The maximum atomic E-state index is 14.1. The number of carbonyl (C=O) groups is 7. The third-order valence-electron chi connectivity index (χ3n) is 10.1. The molecule has 1 aromatic heterocycles. The Morgan fingerprint density at radius 3 is 2.23 bits per heavy atom. The summed E-state index contributed by atoms with van der Waals surface area (Å²) in [6, 6.07) is 2.58. The van der Waals surface area contributed by atoms with Gasteiger partial charge < -0.3 is 36.8 Å². The first kappa shape index (κ1) is 44.5. The topological polar surface area (TPSA) is 236 Å². The molecule has 1 aromatic carbocycles. The first-order valence-corrected chi connectivity index (χ1v) is 19.5. The average molecular weight is 792 g/mol. The first-order chi connectivity index (χ1) is 26.7. The van der Waals surface area contributed by atoms with Gasteiger partial charge in [-0.15, -0.1) is 0 Å². The van der Waals surface area contributed by atoms with Crippen LogP contribution in [0.5, 0.6) is 0 Å². The Balaban J connectivity index is 1.83. The predicted octanol–water partition coefficient (Wildman–Crippen LogP) is 1.69. The number of hydrogen-bond donors (Lipinski definition) is 7. The maximum absolute atomic E-state index is 14.1. The molecule has 7 N–H and O–H groups in total. The fraction of sp³-hybridized carbons (Fsp3) is 0.561. The Labute approximate surface area is 333 Å². The van der Waals surface area contributed by atoms with Gasteiger partial charge in [-0.05, 0) is 101 Å². The highest BCUT2D eigenvalue weighted by molar-refractivity contribution is 6.00. The zero-order valence-electron chi connectivity index (χ0n) is 33.8. The number of Topliss-reactive ketones (excluding diaryl/α,β-unsaturated/α-hetero) is 1. The smallest absolute Gasteiger partial charge is 0.305 e. The SMILES string of the molecule is CC(C)C[C@@H]1CC(=O)c2ccc(-c3ccncc3)c(c2)CNC(=O)[C@@H]2CCCN2[C@H](C(=O)NC(C)(C)C)[C@H](C)NC(=O)[C@H]([C@@H](C)O)NC(=O)[C@H](CC(=O)O)NC1=O. The second kappa shape index (κ2) is 19.3. The number of aliphatic hydroxyl groups is 1. The lowest BCUT2D eigenvalue weighted by Crippen LogP contribution is -2.65. The number of hydrogen-bond acceptors (Lipinski definition) is 10. The van der Waals surface area contributed by atoms with Crippen LogP contribution in [0.15, 0.2) is 42.7 Å². The van der Waals surface area contributed by atoms with E-state index in [0.717, 1.165) is 11.1 Å². The van der Waals surface area contributed by atoms with Crippen LogP contribution in [-0.2, 0) is 35.3 Å². The summed E-state index contributed by atoms with van der Waals surface area (Å²) >= 11 is 0. The van der Waals surface area contributed by atoms with Crippen LogP contribution < -0.4 is 26.6 Å². The van der Waals surface area contributed by atoms with E-state index in [0.29, 0.717) is 24.9 Å². The fourth-order valence-corrected chi connectivity index (χ4v) is 7.46. The van der Waals surface area contributed by atoms with Crippen molar-refractivity contribution in [1.29, 1.82) is 0 Å². The second-order valence-corrected chi connectivity index (χ2v) is 16.5. The number of amides is 5. The number of ketones is 1. The van der Waals surface area contributed by atoms with E-state index >= 15 is 0 Å². The quantitative estimate of drug-likeness (QED) is 0.213. The Kier molecular flexibility index (Phi) is 15.1. The molecule has 0 saturated carbocycles. The van der Waals surface area contributed by atoms with E-state index in [1.165, 1.54) is 6.92 Å². The van der Waals surface area contributed by atoms with E-state index in [1.807, 2.05) is 13.8 Å². The maximum Gasteiger partial charge on any atom is 0.305 e. The van der Waals surface area contributed by atoms with E-state index in [4.69, 9.17) is 0 Å². The Morgan fingerprint density at radius 2 is 1.61 bits per heavy atom. The molecule has 2 aromatic rings. The molecule has 57 heavy (non-hydrogen) atoms. The molecule has 5 amide bonds. The molecule has 1 fully saturated rings. The molecule has 0 aliphatic carbocycles. The number of aromatic nitrogens is 1. The molecule has 16 heteroatoms. The molecular weight excluding hydrogens is 734 g/mol. The summed E-state index contributed by atoms with van der Waals surface area (Å²) in [4.78, 5) is 101. The van der Waals surface area contributed by atoms with Gasteiger partial charge in [0.25, 0.3) is 0 Å². The van der Waals surface area contributed by atoms with Crippen molar-refractivity contribution in [1.82, 2.24) is 36.5 Å². The molecule has 16 nitrogen and oxygen atoms in total. The van der Waals surface area contributed by atoms with Crippen LogP contribution in [0, 0.1) is 11.8 Å². The predicted molar refractivity (Wildman–Crippen MR) is 210 cm³/mol. The monoisotopic (exact) mass is 791 g/mol. The number of aliphatic carboxylic acids is 1. The molecule has 0 unspecified atom stereocenters. The summed E-state index contributed by atoms with van der Waals surface area (Å²) < 4.78 is 0. The normalized spacial score (nSPS) is 25.2. The number of nitrogens with one attached hydrogen (secondary N) is 5. The van der Waals surface area contributed by atoms with E-state index in [9.17, 15) is 43.8 Å². The fourth-order valence-electron chi connectivity index (χ4n) is 7.46. The Bertz CT molecular complexity index is 1810. The number of carboxylic acids is 1. The largest absolute Gasteiger partial charge is 0.481 e. The van der Waals surface area contributed by atoms with Gasteiger partial charge in [-0.25, -0.2) is 0 Å². The summed E-state index contributed by atoms with van der Waals surface area (Å²) in [6.45, 7) is 12.3. The lowest BCUT2D eigenvalue weighted by atomic mass is 9.88. The van der Waals surface area contributed by atoms with Gasteiger partial charge in [0.1, 0.15) is 18.1 Å². The minimum absolute atomic E-state index is 0.0176. The van der Waals surface area contributed by atoms with E-state index in [-0.39, 0.29) is 42.6 Å². The van der Waals surface area contributed by atoms with Crippen LogP contribution in [0.25, 0.3) is 11.1 Å². The third-order valence-corrected chi connectivity index (χ3v) is 10.1. The number of rotatable bonds is 7. The lowest BCUT2D eigenvalue weighted by molar-refractivity contribution is -0.141. The minimum Gasteiger partial charge on any atom is -0.481 e. The van der Waals surface area contributed by atoms with Gasteiger partial charge >= 0.3 is 5.97 Å². The highest BCUT2D eigenvalue weighted by Crippen LogP contribution is 2.28. The molecule has 3 heterocycles. The summed E-state index contributed by atoms with van der Waals surface area (Å²) in [5.74, 6) is -6.31. The summed E-state index contributed by atoms with van der Waals surface area (Å²) in [6.07, 6.45) is 1.87. The zero-order valence-corrected chi connectivity index (χ0v) is 33.8. The van der Waals surface area contributed by atoms with Crippen LogP contribution in [0.4, 0.5) is 0 Å². The second-order valence-electron chi connectivity index (χ2n) is 16.5. The number of benzene rings is 1. The Hall–Kier alpha value is -5.22. The number of aliphatic hydroxyl groups excluding tert-OH is 1. The van der Waals surface area contributed by atoms with E-state index < -0.39 is 83.8 Å². The molecule has 2 aliphatic rings. The number of fused-ring (bicyclic) bond motifs is 3. The summed E-state index contributed by atoms with van der Waals surface area (Å²) in [5, 5.41) is 34.0. The average Bonchev–Trinajstić information content (AvgIpc) is 3.60. The van der Waals surface area contributed by atoms with Crippen molar-refractivity contribution in [3.05, 3.63) is 53.9 Å².